The average Bonchev–Trinajstić information content (AvgIpc) is 2.83. The molecule has 0 aliphatic rings. The van der Waals surface area contributed by atoms with Gasteiger partial charge in [0.15, 0.2) is 0 Å². The maximum Gasteiger partial charge on any atom is 0.336 e. The van der Waals surface area contributed by atoms with Gasteiger partial charge in [-0.25, -0.2) is 4.79 Å². The summed E-state index contributed by atoms with van der Waals surface area (Å²) in [5.41, 5.74) is 0. The lowest BCUT2D eigenvalue weighted by Gasteiger charge is -2.00. The number of halogens is 1. The van der Waals surface area contributed by atoms with E-state index in [1.165, 1.54) is 6.08 Å². The van der Waals surface area contributed by atoms with Crippen LogP contribution in [0.4, 0.5) is 0 Å². The molecule has 4 heteroatoms. The SMILES string of the molecule is O=C(/C=C/c1cccs1)Oc1ccc(Cl)cc1. The summed E-state index contributed by atoms with van der Waals surface area (Å²) in [6, 6.07) is 10.5. The van der Waals surface area contributed by atoms with Gasteiger partial charge in [0.25, 0.3) is 0 Å². The van der Waals surface area contributed by atoms with Crippen LogP contribution in [-0.2, 0) is 4.79 Å². The van der Waals surface area contributed by atoms with Crippen molar-refractivity contribution in [2.45, 2.75) is 0 Å². The molecule has 0 aliphatic heterocycles. The topological polar surface area (TPSA) is 26.3 Å². The molecular formula is C13H9ClO2S. The van der Waals surface area contributed by atoms with E-state index in [4.69, 9.17) is 16.3 Å². The summed E-state index contributed by atoms with van der Waals surface area (Å²) in [5, 5.41) is 2.56. The Kier molecular flexibility index (Phi) is 3.96. The summed E-state index contributed by atoms with van der Waals surface area (Å²) in [6.45, 7) is 0. The van der Waals surface area contributed by atoms with Gasteiger partial charge in [-0.2, -0.15) is 0 Å². The third-order valence-corrected chi connectivity index (χ3v) is 3.05. The number of rotatable bonds is 3. The van der Waals surface area contributed by atoms with Crippen molar-refractivity contribution in [2.24, 2.45) is 0 Å². The zero-order chi connectivity index (χ0) is 12.1. The number of benzene rings is 1. The van der Waals surface area contributed by atoms with Gasteiger partial charge in [-0.3, -0.25) is 0 Å². The molecule has 0 aliphatic carbocycles. The Balaban J connectivity index is 1.95. The molecule has 2 rings (SSSR count). The molecule has 86 valence electrons. The Hall–Kier alpha value is -1.58. The Morgan fingerprint density at radius 2 is 2.00 bits per heavy atom. The second-order valence-corrected chi connectivity index (χ2v) is 4.64. The molecule has 0 bridgehead atoms. The summed E-state index contributed by atoms with van der Waals surface area (Å²) in [4.78, 5) is 12.5. The summed E-state index contributed by atoms with van der Waals surface area (Å²) in [6.07, 6.45) is 3.13. The van der Waals surface area contributed by atoms with Crippen molar-refractivity contribution in [1.82, 2.24) is 0 Å². The largest absolute Gasteiger partial charge is 0.423 e. The lowest BCUT2D eigenvalue weighted by Crippen LogP contribution is -2.03. The van der Waals surface area contributed by atoms with Gasteiger partial charge in [0.2, 0.25) is 0 Å². The lowest BCUT2D eigenvalue weighted by molar-refractivity contribution is -0.128. The van der Waals surface area contributed by atoms with Crippen LogP contribution >= 0.6 is 22.9 Å². The van der Waals surface area contributed by atoms with Crippen LogP contribution in [0.5, 0.6) is 5.75 Å². The van der Waals surface area contributed by atoms with Crippen LogP contribution in [0.15, 0.2) is 47.9 Å². The van der Waals surface area contributed by atoms with Crippen molar-refractivity contribution in [1.29, 1.82) is 0 Å². The number of esters is 1. The van der Waals surface area contributed by atoms with Gasteiger partial charge in [0, 0.05) is 16.0 Å². The smallest absolute Gasteiger partial charge is 0.336 e. The van der Waals surface area contributed by atoms with E-state index in [1.807, 2.05) is 17.5 Å². The zero-order valence-corrected chi connectivity index (χ0v) is 10.4. The number of carbonyl (C=O) groups excluding carboxylic acids is 1. The van der Waals surface area contributed by atoms with Crippen LogP contribution in [-0.4, -0.2) is 5.97 Å². The molecule has 2 nitrogen and oxygen atoms in total. The van der Waals surface area contributed by atoms with Crippen LogP contribution in [0.3, 0.4) is 0 Å². The predicted octanol–water partition coefficient (Wildman–Crippen LogP) is 4.02. The highest BCUT2D eigenvalue weighted by atomic mass is 35.5. The molecule has 0 saturated heterocycles. The van der Waals surface area contributed by atoms with Crippen LogP contribution < -0.4 is 4.74 Å². The molecule has 0 amide bonds. The second-order valence-electron chi connectivity index (χ2n) is 3.22. The fourth-order valence-electron chi connectivity index (χ4n) is 1.19. The van der Waals surface area contributed by atoms with Crippen molar-refractivity contribution in [3.63, 3.8) is 0 Å². The number of thiophene rings is 1. The van der Waals surface area contributed by atoms with Crippen LogP contribution in [0.2, 0.25) is 5.02 Å². The molecule has 1 heterocycles. The Labute approximate surface area is 108 Å². The first kappa shape index (κ1) is 11.9. The van der Waals surface area contributed by atoms with Crippen molar-refractivity contribution >= 4 is 35.0 Å². The highest BCUT2D eigenvalue weighted by Crippen LogP contribution is 2.16. The van der Waals surface area contributed by atoms with E-state index in [9.17, 15) is 4.79 Å². The van der Waals surface area contributed by atoms with E-state index in [0.29, 0.717) is 10.8 Å². The molecule has 0 unspecified atom stereocenters. The van der Waals surface area contributed by atoms with E-state index in [2.05, 4.69) is 0 Å². The Bertz CT molecular complexity index is 515. The van der Waals surface area contributed by atoms with Crippen molar-refractivity contribution in [3.8, 4) is 5.75 Å². The van der Waals surface area contributed by atoms with Crippen molar-refractivity contribution < 1.29 is 9.53 Å². The first-order valence-corrected chi connectivity index (χ1v) is 6.19. The summed E-state index contributed by atoms with van der Waals surface area (Å²) >= 11 is 7.28. The lowest BCUT2D eigenvalue weighted by atomic mass is 10.3. The van der Waals surface area contributed by atoms with Gasteiger partial charge in [0.1, 0.15) is 5.75 Å². The molecule has 2 aromatic rings. The van der Waals surface area contributed by atoms with Gasteiger partial charge in [-0.1, -0.05) is 17.7 Å². The maximum absolute atomic E-state index is 11.5. The number of carbonyl (C=O) groups is 1. The minimum Gasteiger partial charge on any atom is -0.423 e. The van der Waals surface area contributed by atoms with E-state index in [1.54, 1.807) is 41.7 Å². The fourth-order valence-corrected chi connectivity index (χ4v) is 1.93. The second kappa shape index (κ2) is 5.66. The average molecular weight is 265 g/mol. The molecule has 0 radical (unpaired) electrons. The third kappa shape index (κ3) is 3.73. The van der Waals surface area contributed by atoms with Crippen LogP contribution in [0, 0.1) is 0 Å². The molecule has 0 N–H and O–H groups in total. The Morgan fingerprint density at radius 1 is 1.24 bits per heavy atom. The highest BCUT2D eigenvalue weighted by molar-refractivity contribution is 7.10. The molecule has 1 aromatic heterocycles. The third-order valence-electron chi connectivity index (χ3n) is 1.96. The number of hydrogen-bond acceptors (Lipinski definition) is 3. The summed E-state index contributed by atoms with van der Waals surface area (Å²) in [5.74, 6) is 0.0796. The fraction of sp³-hybridized carbons (Fsp3) is 0. The monoisotopic (exact) mass is 264 g/mol. The number of ether oxygens (including phenoxy) is 1. The van der Waals surface area contributed by atoms with Crippen molar-refractivity contribution in [2.75, 3.05) is 0 Å². The van der Waals surface area contributed by atoms with Gasteiger partial charge < -0.3 is 4.74 Å². The van der Waals surface area contributed by atoms with E-state index < -0.39 is 5.97 Å². The molecule has 0 spiro atoms. The normalized spacial score (nSPS) is 10.6. The Morgan fingerprint density at radius 3 is 2.65 bits per heavy atom. The first-order chi connectivity index (χ1) is 8.24. The van der Waals surface area contributed by atoms with Gasteiger partial charge in [-0.05, 0) is 41.8 Å². The maximum atomic E-state index is 11.5. The van der Waals surface area contributed by atoms with Crippen LogP contribution in [0.25, 0.3) is 6.08 Å². The molecule has 0 saturated carbocycles. The van der Waals surface area contributed by atoms with Crippen LogP contribution in [0.1, 0.15) is 4.88 Å². The molecule has 17 heavy (non-hydrogen) atoms. The first-order valence-electron chi connectivity index (χ1n) is 4.93. The quantitative estimate of drug-likeness (QED) is 0.475. The molecule has 0 fully saturated rings. The van der Waals surface area contributed by atoms with E-state index >= 15 is 0 Å². The van der Waals surface area contributed by atoms with Gasteiger partial charge >= 0.3 is 5.97 Å². The summed E-state index contributed by atoms with van der Waals surface area (Å²) < 4.78 is 5.09. The minimum absolute atomic E-state index is 0.402. The standard InChI is InChI=1S/C13H9ClO2S/c14-10-3-5-11(6-4-10)16-13(15)8-7-12-2-1-9-17-12/h1-9H/b8-7+. The molecule has 0 atom stereocenters. The predicted molar refractivity (Wildman–Crippen MR) is 70.4 cm³/mol. The summed E-state index contributed by atoms with van der Waals surface area (Å²) in [7, 11) is 0. The molecule has 1 aromatic carbocycles. The zero-order valence-electron chi connectivity index (χ0n) is 8.80. The van der Waals surface area contributed by atoms with Crippen molar-refractivity contribution in [3.05, 3.63) is 57.8 Å². The van der Waals surface area contributed by atoms with Gasteiger partial charge in [-0.15, -0.1) is 11.3 Å². The minimum atomic E-state index is -0.402. The van der Waals surface area contributed by atoms with E-state index in [-0.39, 0.29) is 0 Å². The van der Waals surface area contributed by atoms with Gasteiger partial charge in [0.05, 0.1) is 0 Å². The molecular weight excluding hydrogens is 256 g/mol. The number of hydrogen-bond donors (Lipinski definition) is 0. The van der Waals surface area contributed by atoms with E-state index in [0.717, 1.165) is 4.88 Å². The highest BCUT2D eigenvalue weighted by Gasteiger charge is 2.00.